The van der Waals surface area contributed by atoms with Crippen LogP contribution >= 0.6 is 11.8 Å². The van der Waals surface area contributed by atoms with Gasteiger partial charge in [0.25, 0.3) is 11.1 Å². The first-order valence-corrected chi connectivity index (χ1v) is 11.0. The molecule has 0 unspecified atom stereocenters. The molecular formula is C25H17F4NO4S. The molecule has 3 aromatic carbocycles. The van der Waals surface area contributed by atoms with Crippen molar-refractivity contribution in [1.82, 2.24) is 5.32 Å². The summed E-state index contributed by atoms with van der Waals surface area (Å²) in [4.78, 5) is 23.6. The molecule has 3 aromatic rings. The maximum absolute atomic E-state index is 13.1. The van der Waals surface area contributed by atoms with Gasteiger partial charge in [-0.25, -0.2) is 4.39 Å². The van der Waals surface area contributed by atoms with Crippen LogP contribution < -0.4 is 14.8 Å². The van der Waals surface area contributed by atoms with Gasteiger partial charge in [0.15, 0.2) is 0 Å². The third-order valence-corrected chi connectivity index (χ3v) is 5.72. The van der Waals surface area contributed by atoms with Gasteiger partial charge in [0, 0.05) is 11.6 Å². The summed E-state index contributed by atoms with van der Waals surface area (Å²) in [5.74, 6) is -0.192. The van der Waals surface area contributed by atoms with Gasteiger partial charge in [-0.15, -0.1) is 0 Å². The van der Waals surface area contributed by atoms with Crippen molar-refractivity contribution in [3.05, 3.63) is 99.7 Å². The number of rotatable bonds is 7. The van der Waals surface area contributed by atoms with Crippen molar-refractivity contribution in [2.24, 2.45) is 0 Å². The maximum Gasteiger partial charge on any atom is 0.416 e. The van der Waals surface area contributed by atoms with E-state index in [0.29, 0.717) is 22.6 Å². The van der Waals surface area contributed by atoms with Gasteiger partial charge in [-0.2, -0.15) is 13.2 Å². The van der Waals surface area contributed by atoms with Crippen molar-refractivity contribution >= 4 is 29.0 Å². The topological polar surface area (TPSA) is 64.6 Å². The average molecular weight is 503 g/mol. The summed E-state index contributed by atoms with van der Waals surface area (Å²) in [6.45, 7) is 0.111. The molecule has 5 nitrogen and oxygen atoms in total. The summed E-state index contributed by atoms with van der Waals surface area (Å²) in [7, 11) is 0. The number of imide groups is 1. The number of carbonyl (C=O) groups excluding carboxylic acids is 2. The second kappa shape index (κ2) is 10.2. The number of hydrogen-bond acceptors (Lipinski definition) is 5. The van der Waals surface area contributed by atoms with Crippen molar-refractivity contribution < 1.29 is 36.6 Å². The van der Waals surface area contributed by atoms with E-state index in [4.69, 9.17) is 9.47 Å². The van der Waals surface area contributed by atoms with Crippen LogP contribution in [-0.2, 0) is 24.2 Å². The van der Waals surface area contributed by atoms with Gasteiger partial charge in [0.1, 0.15) is 30.5 Å². The highest BCUT2D eigenvalue weighted by molar-refractivity contribution is 8.18. The molecule has 180 valence electrons. The van der Waals surface area contributed by atoms with E-state index in [1.165, 1.54) is 30.3 Å². The van der Waals surface area contributed by atoms with Crippen LogP contribution in [0.25, 0.3) is 6.08 Å². The molecule has 1 saturated heterocycles. The third-order valence-electron chi connectivity index (χ3n) is 4.91. The summed E-state index contributed by atoms with van der Waals surface area (Å²) in [5.41, 5.74) is 0.940. The predicted octanol–water partition coefficient (Wildman–Crippen LogP) is 6.33. The Labute approximate surface area is 201 Å². The van der Waals surface area contributed by atoms with Crippen molar-refractivity contribution in [3.63, 3.8) is 0 Å². The zero-order valence-corrected chi connectivity index (χ0v) is 18.7. The van der Waals surface area contributed by atoms with Crippen LogP contribution in [0.5, 0.6) is 11.5 Å². The standard InChI is InChI=1S/C25H17F4NO4S/c26-19-8-3-16(4-9-19)13-33-20-10-5-17(11-22-23(31)30-24(32)35-22)21(12-20)34-14-15-1-6-18(7-2-15)25(27,28)29/h1-12H,13-14H2,(H,30,31,32)/b22-11-. The molecule has 1 aliphatic heterocycles. The van der Waals surface area contributed by atoms with Gasteiger partial charge >= 0.3 is 6.18 Å². The second-order valence-corrected chi connectivity index (χ2v) is 8.47. The molecule has 10 heteroatoms. The van der Waals surface area contributed by atoms with E-state index in [9.17, 15) is 27.2 Å². The monoisotopic (exact) mass is 503 g/mol. The Morgan fingerprint density at radius 1 is 0.857 bits per heavy atom. The molecule has 4 rings (SSSR count). The zero-order chi connectivity index (χ0) is 25.0. The first kappa shape index (κ1) is 24.3. The van der Waals surface area contributed by atoms with Crippen LogP contribution in [0.1, 0.15) is 22.3 Å². The molecule has 0 spiro atoms. The van der Waals surface area contributed by atoms with Gasteiger partial charge < -0.3 is 9.47 Å². The Morgan fingerprint density at radius 3 is 2.09 bits per heavy atom. The maximum atomic E-state index is 13.1. The average Bonchev–Trinajstić information content (AvgIpc) is 3.14. The fourth-order valence-corrected chi connectivity index (χ4v) is 3.78. The minimum Gasteiger partial charge on any atom is -0.489 e. The first-order valence-electron chi connectivity index (χ1n) is 10.2. The smallest absolute Gasteiger partial charge is 0.416 e. The largest absolute Gasteiger partial charge is 0.489 e. The Hall–Kier alpha value is -3.79. The van der Waals surface area contributed by atoms with E-state index in [0.717, 1.165) is 29.5 Å². The molecule has 1 heterocycles. The molecule has 1 N–H and O–H groups in total. The first-order chi connectivity index (χ1) is 16.7. The van der Waals surface area contributed by atoms with Gasteiger partial charge in [-0.3, -0.25) is 14.9 Å². The molecule has 0 aliphatic carbocycles. The lowest BCUT2D eigenvalue weighted by atomic mass is 10.1. The fourth-order valence-electron chi connectivity index (χ4n) is 3.11. The lowest BCUT2D eigenvalue weighted by Crippen LogP contribution is -2.17. The Morgan fingerprint density at radius 2 is 1.49 bits per heavy atom. The van der Waals surface area contributed by atoms with Crippen LogP contribution in [0.15, 0.2) is 71.6 Å². The predicted molar refractivity (Wildman–Crippen MR) is 122 cm³/mol. The molecule has 0 atom stereocenters. The summed E-state index contributed by atoms with van der Waals surface area (Å²) in [5, 5.41) is 1.68. The third kappa shape index (κ3) is 6.42. The van der Waals surface area contributed by atoms with Crippen molar-refractivity contribution in [1.29, 1.82) is 0 Å². The molecule has 0 aromatic heterocycles. The van der Waals surface area contributed by atoms with Crippen LogP contribution in [0.2, 0.25) is 0 Å². The van der Waals surface area contributed by atoms with Crippen LogP contribution in [0.4, 0.5) is 22.4 Å². The van der Waals surface area contributed by atoms with Gasteiger partial charge in [-0.05, 0) is 65.4 Å². The van der Waals surface area contributed by atoms with Crippen molar-refractivity contribution in [2.75, 3.05) is 0 Å². The SMILES string of the molecule is O=C1NC(=O)/C(=C/c2ccc(OCc3ccc(F)cc3)cc2OCc2ccc(C(F)(F)F)cc2)S1. The second-order valence-electron chi connectivity index (χ2n) is 7.45. The highest BCUT2D eigenvalue weighted by atomic mass is 32.2. The Bertz CT molecular complexity index is 1270. The normalized spacial score (nSPS) is 14.8. The number of nitrogens with one attached hydrogen (secondary N) is 1. The highest BCUT2D eigenvalue weighted by Gasteiger charge is 2.30. The molecule has 1 aliphatic rings. The molecule has 0 radical (unpaired) electrons. The molecule has 0 saturated carbocycles. The zero-order valence-electron chi connectivity index (χ0n) is 17.9. The quantitative estimate of drug-likeness (QED) is 0.302. The van der Waals surface area contributed by atoms with E-state index < -0.39 is 22.9 Å². The van der Waals surface area contributed by atoms with Crippen LogP contribution in [0, 0.1) is 5.82 Å². The number of thioether (sulfide) groups is 1. The van der Waals surface area contributed by atoms with Crippen molar-refractivity contribution in [2.45, 2.75) is 19.4 Å². The van der Waals surface area contributed by atoms with Crippen molar-refractivity contribution in [3.8, 4) is 11.5 Å². The van der Waals surface area contributed by atoms with Gasteiger partial charge in [0.2, 0.25) is 0 Å². The summed E-state index contributed by atoms with van der Waals surface area (Å²) in [6, 6.07) is 15.2. The van der Waals surface area contributed by atoms with Crippen LogP contribution in [0.3, 0.4) is 0 Å². The molecule has 2 amide bonds. The van der Waals surface area contributed by atoms with E-state index in [1.807, 2.05) is 0 Å². The van der Waals surface area contributed by atoms with Crippen LogP contribution in [-0.4, -0.2) is 11.1 Å². The number of alkyl halides is 3. The molecule has 35 heavy (non-hydrogen) atoms. The molecule has 1 fully saturated rings. The number of benzene rings is 3. The highest BCUT2D eigenvalue weighted by Crippen LogP contribution is 2.33. The number of amides is 2. The summed E-state index contributed by atoms with van der Waals surface area (Å²) >= 11 is 0.746. The van der Waals surface area contributed by atoms with E-state index in [1.54, 1.807) is 30.3 Å². The Kier molecular flexibility index (Phi) is 7.11. The lowest BCUT2D eigenvalue weighted by molar-refractivity contribution is -0.137. The van der Waals surface area contributed by atoms with Gasteiger partial charge in [0.05, 0.1) is 10.5 Å². The summed E-state index contributed by atoms with van der Waals surface area (Å²) in [6.07, 6.45) is -2.96. The fraction of sp³-hybridized carbons (Fsp3) is 0.120. The molecular weight excluding hydrogens is 486 g/mol. The minimum absolute atomic E-state index is 0.0476. The van der Waals surface area contributed by atoms with Gasteiger partial charge in [-0.1, -0.05) is 24.3 Å². The number of halogens is 4. The minimum atomic E-state index is -4.44. The Balaban J connectivity index is 1.55. The van der Waals surface area contributed by atoms with E-state index in [2.05, 4.69) is 5.32 Å². The lowest BCUT2D eigenvalue weighted by Gasteiger charge is -2.13. The number of ether oxygens (including phenoxy) is 2. The molecule has 0 bridgehead atoms. The number of hydrogen-bond donors (Lipinski definition) is 1. The van der Waals surface area contributed by atoms with E-state index in [-0.39, 0.29) is 23.9 Å². The number of carbonyl (C=O) groups is 2. The van der Waals surface area contributed by atoms with E-state index >= 15 is 0 Å². The summed E-state index contributed by atoms with van der Waals surface area (Å²) < 4.78 is 63.1.